The maximum absolute atomic E-state index is 4.58. The normalized spacial score (nSPS) is 31.3. The molecule has 6 rings (SSSR count). The van der Waals surface area contributed by atoms with Crippen LogP contribution in [0.4, 0.5) is 5.82 Å². The lowest BCUT2D eigenvalue weighted by Crippen LogP contribution is -2.64. The van der Waals surface area contributed by atoms with Crippen molar-refractivity contribution >= 4 is 16.6 Å². The second-order valence-electron chi connectivity index (χ2n) is 7.70. The zero-order chi connectivity index (χ0) is 16.1. The molecule has 1 spiro atoms. The van der Waals surface area contributed by atoms with Crippen LogP contribution in [0.2, 0.25) is 0 Å². The number of piperidine rings is 3. The molecule has 4 aliphatic rings. The summed E-state index contributed by atoms with van der Waals surface area (Å²) in [4.78, 5) is 7.19. The molecule has 2 aromatic rings. The SMILES string of the molecule is Cc1ccc2cnc(NC3=CC[C@@]4(CN5CCC4CC5)N3)cc2c1. The molecule has 2 N–H and O–H groups in total. The molecule has 24 heavy (non-hydrogen) atoms. The van der Waals surface area contributed by atoms with Crippen LogP contribution in [-0.4, -0.2) is 35.1 Å². The van der Waals surface area contributed by atoms with Crippen LogP contribution in [0.25, 0.3) is 10.8 Å². The summed E-state index contributed by atoms with van der Waals surface area (Å²) < 4.78 is 0. The maximum Gasteiger partial charge on any atom is 0.131 e. The summed E-state index contributed by atoms with van der Waals surface area (Å²) in [5.41, 5.74) is 1.54. The molecular weight excluding hydrogens is 296 g/mol. The van der Waals surface area contributed by atoms with Crippen LogP contribution in [0.5, 0.6) is 0 Å². The van der Waals surface area contributed by atoms with Gasteiger partial charge >= 0.3 is 0 Å². The van der Waals surface area contributed by atoms with E-state index in [1.165, 1.54) is 48.8 Å². The molecule has 0 saturated carbocycles. The van der Waals surface area contributed by atoms with Crippen LogP contribution in [0, 0.1) is 12.8 Å². The molecule has 3 saturated heterocycles. The summed E-state index contributed by atoms with van der Waals surface area (Å²) in [7, 11) is 0. The predicted molar refractivity (Wildman–Crippen MR) is 97.8 cm³/mol. The van der Waals surface area contributed by atoms with Crippen LogP contribution in [0.3, 0.4) is 0 Å². The Hall–Kier alpha value is -2.07. The van der Waals surface area contributed by atoms with Crippen LogP contribution in [-0.2, 0) is 0 Å². The Morgan fingerprint density at radius 3 is 2.88 bits per heavy atom. The molecule has 0 unspecified atom stereocenters. The van der Waals surface area contributed by atoms with E-state index in [-0.39, 0.29) is 5.54 Å². The van der Waals surface area contributed by atoms with Crippen molar-refractivity contribution < 1.29 is 0 Å². The summed E-state index contributed by atoms with van der Waals surface area (Å²) in [5, 5.41) is 9.75. The third-order valence-corrected chi connectivity index (χ3v) is 6.07. The van der Waals surface area contributed by atoms with E-state index in [4.69, 9.17) is 0 Å². The van der Waals surface area contributed by atoms with E-state index < -0.39 is 0 Å². The molecule has 1 atom stereocenters. The highest BCUT2D eigenvalue weighted by atomic mass is 15.3. The minimum atomic E-state index is 0.256. The number of pyridine rings is 1. The first-order valence-corrected chi connectivity index (χ1v) is 9.04. The number of anilines is 1. The van der Waals surface area contributed by atoms with Gasteiger partial charge in [-0.3, -0.25) is 0 Å². The van der Waals surface area contributed by atoms with Gasteiger partial charge in [-0.15, -0.1) is 0 Å². The van der Waals surface area contributed by atoms with Crippen LogP contribution >= 0.6 is 0 Å². The molecule has 1 aromatic carbocycles. The molecule has 5 heterocycles. The standard InChI is InChI=1S/C20H24N4/c1-14-2-3-15-12-21-19(11-16(15)10-14)22-18-4-7-20(23-18)13-24-8-5-17(20)6-9-24/h2-4,10-12,17,23H,5-9,13H2,1H3,(H,21,22)/t20-/m0/s1. The average molecular weight is 320 g/mol. The van der Waals surface area contributed by atoms with Gasteiger partial charge in [0.1, 0.15) is 11.6 Å². The van der Waals surface area contributed by atoms with Crippen molar-refractivity contribution in [2.24, 2.45) is 5.92 Å². The molecule has 0 amide bonds. The molecule has 0 aliphatic carbocycles. The van der Waals surface area contributed by atoms with E-state index in [9.17, 15) is 0 Å². The Kier molecular flexibility index (Phi) is 3.10. The lowest BCUT2D eigenvalue weighted by Gasteiger charge is -2.52. The number of rotatable bonds is 2. The number of benzene rings is 1. The second-order valence-corrected chi connectivity index (χ2v) is 7.70. The van der Waals surface area contributed by atoms with Crippen molar-refractivity contribution in [3.8, 4) is 0 Å². The third-order valence-electron chi connectivity index (χ3n) is 6.07. The molecule has 4 aliphatic heterocycles. The van der Waals surface area contributed by atoms with Gasteiger partial charge in [-0.2, -0.15) is 0 Å². The number of hydrogen-bond acceptors (Lipinski definition) is 4. The van der Waals surface area contributed by atoms with Gasteiger partial charge in [-0.05, 0) is 62.7 Å². The number of aryl methyl sites for hydroxylation is 1. The van der Waals surface area contributed by atoms with Gasteiger partial charge in [0.2, 0.25) is 0 Å². The van der Waals surface area contributed by atoms with Crippen molar-refractivity contribution in [2.75, 3.05) is 25.0 Å². The topological polar surface area (TPSA) is 40.2 Å². The fraction of sp³-hybridized carbons (Fsp3) is 0.450. The molecule has 2 bridgehead atoms. The smallest absolute Gasteiger partial charge is 0.131 e. The minimum absolute atomic E-state index is 0.256. The highest BCUT2D eigenvalue weighted by molar-refractivity contribution is 5.84. The zero-order valence-corrected chi connectivity index (χ0v) is 14.2. The largest absolute Gasteiger partial charge is 0.365 e. The Balaban J connectivity index is 1.35. The highest BCUT2D eigenvalue weighted by Crippen LogP contribution is 2.41. The van der Waals surface area contributed by atoms with E-state index in [0.717, 1.165) is 24.0 Å². The second kappa shape index (κ2) is 5.21. The molecule has 1 aromatic heterocycles. The van der Waals surface area contributed by atoms with Crippen molar-refractivity contribution in [3.63, 3.8) is 0 Å². The van der Waals surface area contributed by atoms with Crippen LogP contribution in [0.1, 0.15) is 24.8 Å². The molecule has 3 fully saturated rings. The van der Waals surface area contributed by atoms with E-state index in [1.54, 1.807) is 0 Å². The van der Waals surface area contributed by atoms with E-state index >= 15 is 0 Å². The fourth-order valence-corrected chi connectivity index (χ4v) is 4.75. The van der Waals surface area contributed by atoms with Crippen LogP contribution < -0.4 is 10.6 Å². The van der Waals surface area contributed by atoms with Crippen molar-refractivity contribution in [1.29, 1.82) is 0 Å². The van der Waals surface area contributed by atoms with Gasteiger partial charge < -0.3 is 15.5 Å². The Bertz CT molecular complexity index is 819. The Morgan fingerprint density at radius 2 is 2.08 bits per heavy atom. The summed E-state index contributed by atoms with van der Waals surface area (Å²) in [5.74, 6) is 2.86. The molecule has 0 radical (unpaired) electrons. The molecular formula is C20H24N4. The zero-order valence-electron chi connectivity index (χ0n) is 14.2. The first kappa shape index (κ1) is 14.3. The number of hydrogen-bond donors (Lipinski definition) is 2. The van der Waals surface area contributed by atoms with Crippen molar-refractivity contribution in [1.82, 2.24) is 15.2 Å². The number of fused-ring (bicyclic) bond motifs is 3. The molecule has 4 heteroatoms. The molecule has 4 nitrogen and oxygen atoms in total. The lowest BCUT2D eigenvalue weighted by molar-refractivity contribution is 0.0189. The van der Waals surface area contributed by atoms with Gasteiger partial charge in [0, 0.05) is 18.1 Å². The highest BCUT2D eigenvalue weighted by Gasteiger charge is 2.48. The quantitative estimate of drug-likeness (QED) is 0.891. The molecule has 124 valence electrons. The van der Waals surface area contributed by atoms with E-state index in [1.807, 2.05) is 6.20 Å². The van der Waals surface area contributed by atoms with Crippen molar-refractivity contribution in [3.05, 3.63) is 47.9 Å². The Morgan fingerprint density at radius 1 is 1.21 bits per heavy atom. The Labute approximate surface area is 142 Å². The van der Waals surface area contributed by atoms with E-state index in [0.29, 0.717) is 0 Å². The summed E-state index contributed by atoms with van der Waals surface area (Å²) in [6.07, 6.45) is 8.08. The summed E-state index contributed by atoms with van der Waals surface area (Å²) in [6.45, 7) is 5.87. The van der Waals surface area contributed by atoms with Gasteiger partial charge in [0.15, 0.2) is 0 Å². The van der Waals surface area contributed by atoms with Crippen LogP contribution in [0.15, 0.2) is 42.4 Å². The van der Waals surface area contributed by atoms with Gasteiger partial charge in [0.05, 0.1) is 5.54 Å². The minimum Gasteiger partial charge on any atom is -0.365 e. The maximum atomic E-state index is 4.58. The number of aromatic nitrogens is 1. The first-order chi connectivity index (χ1) is 11.7. The number of nitrogens with one attached hydrogen (secondary N) is 2. The lowest BCUT2D eigenvalue weighted by atomic mass is 9.72. The summed E-state index contributed by atoms with van der Waals surface area (Å²) >= 11 is 0. The van der Waals surface area contributed by atoms with E-state index in [2.05, 4.69) is 57.8 Å². The summed E-state index contributed by atoms with van der Waals surface area (Å²) in [6, 6.07) is 8.63. The third kappa shape index (κ3) is 2.28. The number of nitrogens with zero attached hydrogens (tertiary/aromatic N) is 2. The van der Waals surface area contributed by atoms with Gasteiger partial charge in [-0.25, -0.2) is 4.98 Å². The fourth-order valence-electron chi connectivity index (χ4n) is 4.75. The first-order valence-electron chi connectivity index (χ1n) is 9.04. The van der Waals surface area contributed by atoms with Gasteiger partial charge in [0.25, 0.3) is 0 Å². The van der Waals surface area contributed by atoms with Gasteiger partial charge in [-0.1, -0.05) is 23.8 Å². The predicted octanol–water partition coefficient (Wildman–Crippen LogP) is 3.25. The monoisotopic (exact) mass is 320 g/mol. The van der Waals surface area contributed by atoms with Crippen molar-refractivity contribution in [2.45, 2.75) is 31.7 Å². The average Bonchev–Trinajstić information content (AvgIpc) is 2.97.